The average Bonchev–Trinajstić information content (AvgIpc) is 2.58. The third kappa shape index (κ3) is 15.0. The molecule has 0 saturated heterocycles. The van der Waals surface area contributed by atoms with E-state index in [2.05, 4.69) is 5.32 Å². The molecule has 0 atom stereocenters. The van der Waals surface area contributed by atoms with Crippen LogP contribution in [0.5, 0.6) is 0 Å². The van der Waals surface area contributed by atoms with Crippen molar-refractivity contribution in [2.24, 2.45) is 0 Å². The fourth-order valence-corrected chi connectivity index (χ4v) is 3.63. The largest absolute Gasteiger partial charge is 0.784 e. The number of hydrogen-bond donors (Lipinski definition) is 1. The number of sulfone groups is 1. The Hall–Kier alpha value is -0.930. The zero-order chi connectivity index (χ0) is 21.6. The molecule has 13 heteroatoms. The first kappa shape index (κ1) is 27.1. The Kier molecular flexibility index (Phi) is 13.6. The number of nitrogens with one attached hydrogen (secondary N) is 1. The third-order valence-electron chi connectivity index (χ3n) is 3.24. The fraction of sp³-hybridized carbons (Fsp3) is 0.600. The number of rotatable bonds is 12. The second-order valence-corrected chi connectivity index (χ2v) is 9.58. The second kappa shape index (κ2) is 14.1. The van der Waals surface area contributed by atoms with Crippen molar-refractivity contribution >= 4 is 31.3 Å². The van der Waals surface area contributed by atoms with Crippen molar-refractivity contribution in [3.63, 3.8) is 0 Å². The van der Waals surface area contributed by atoms with Gasteiger partial charge in [-0.25, -0.2) is 16.8 Å². The zero-order valence-corrected chi connectivity index (χ0v) is 17.8. The van der Waals surface area contributed by atoms with E-state index in [9.17, 15) is 21.4 Å². The molecule has 0 aliphatic heterocycles. The Morgan fingerprint density at radius 1 is 1.00 bits per heavy atom. The van der Waals surface area contributed by atoms with Gasteiger partial charge in [0.1, 0.15) is 0 Å². The van der Waals surface area contributed by atoms with Gasteiger partial charge in [0.25, 0.3) is 0 Å². The van der Waals surface area contributed by atoms with Crippen LogP contribution in [0.1, 0.15) is 18.9 Å². The molecule has 0 aliphatic rings. The summed E-state index contributed by atoms with van der Waals surface area (Å²) in [6.07, 6.45) is 1.02. The van der Waals surface area contributed by atoms with Crippen LogP contribution in [0, 0.1) is 0 Å². The Morgan fingerprint density at radius 2 is 1.57 bits per heavy atom. The van der Waals surface area contributed by atoms with E-state index in [0.717, 1.165) is 6.42 Å². The van der Waals surface area contributed by atoms with Crippen molar-refractivity contribution in [3.05, 3.63) is 29.8 Å². The minimum absolute atomic E-state index is 0.0327. The summed E-state index contributed by atoms with van der Waals surface area (Å²) in [7, 11) is -7.67. The van der Waals surface area contributed by atoms with Crippen molar-refractivity contribution in [2.45, 2.75) is 24.7 Å². The van der Waals surface area contributed by atoms with Crippen LogP contribution in [0.25, 0.3) is 0 Å². The highest BCUT2D eigenvalue weighted by atomic mass is 32.2. The van der Waals surface area contributed by atoms with E-state index in [0.29, 0.717) is 31.9 Å². The van der Waals surface area contributed by atoms with Crippen LogP contribution in [-0.2, 0) is 42.5 Å². The monoisotopic (exact) mass is 458 g/mol. The highest BCUT2D eigenvalue weighted by molar-refractivity contribution is 7.91. The zero-order valence-electron chi connectivity index (χ0n) is 15.4. The summed E-state index contributed by atoms with van der Waals surface area (Å²) in [6, 6.07) is 5.94. The average molecular weight is 459 g/mol. The van der Waals surface area contributed by atoms with Crippen LogP contribution in [0.2, 0.25) is 0 Å². The molecule has 164 valence electrons. The summed E-state index contributed by atoms with van der Waals surface area (Å²) < 4.78 is 86.8. The molecule has 0 spiro atoms. The van der Waals surface area contributed by atoms with E-state index < -0.39 is 37.1 Å². The topological polar surface area (TPSA) is 176 Å². The molecule has 1 rings (SSSR count). The highest BCUT2D eigenvalue weighted by Gasteiger charge is 2.13. The molecule has 0 saturated carbocycles. The number of benzene rings is 1. The van der Waals surface area contributed by atoms with Crippen molar-refractivity contribution < 1.29 is 39.4 Å². The van der Waals surface area contributed by atoms with Gasteiger partial charge >= 0.3 is 0 Å². The SMILES string of the molecule is CCCOCCNCCS(=O)(=O)c1ccc(CCS(=O)(=O)[O-])cc1.O=S([O-])[O-]. The van der Waals surface area contributed by atoms with E-state index in [1.54, 1.807) is 0 Å². The molecule has 0 amide bonds. The maximum absolute atomic E-state index is 12.2. The summed E-state index contributed by atoms with van der Waals surface area (Å²) in [5.74, 6) is -0.530. The lowest BCUT2D eigenvalue weighted by Crippen LogP contribution is -2.26. The molecular formula is C15H24NO9S3-3. The van der Waals surface area contributed by atoms with Crippen molar-refractivity contribution in [2.75, 3.05) is 37.8 Å². The van der Waals surface area contributed by atoms with E-state index in [1.807, 2.05) is 6.92 Å². The fourth-order valence-electron chi connectivity index (χ4n) is 1.95. The van der Waals surface area contributed by atoms with E-state index in [1.165, 1.54) is 24.3 Å². The lowest BCUT2D eigenvalue weighted by atomic mass is 10.2. The minimum atomic E-state index is -4.27. The van der Waals surface area contributed by atoms with Crippen LogP contribution in [-0.4, -0.2) is 72.5 Å². The Morgan fingerprint density at radius 3 is 2.07 bits per heavy atom. The Balaban J connectivity index is 0.00000165. The van der Waals surface area contributed by atoms with Crippen molar-refractivity contribution in [3.8, 4) is 0 Å². The first-order valence-electron chi connectivity index (χ1n) is 8.28. The van der Waals surface area contributed by atoms with Gasteiger partial charge in [-0.05, 0) is 30.5 Å². The first-order valence-corrected chi connectivity index (χ1v) is 12.5. The molecule has 0 aromatic heterocycles. The second-order valence-electron chi connectivity index (χ2n) is 5.54. The number of hydrogen-bond acceptors (Lipinski definition) is 10. The van der Waals surface area contributed by atoms with Crippen LogP contribution >= 0.6 is 0 Å². The van der Waals surface area contributed by atoms with Crippen LogP contribution in [0.15, 0.2) is 29.2 Å². The van der Waals surface area contributed by atoms with Gasteiger partial charge in [-0.2, -0.15) is 0 Å². The lowest BCUT2D eigenvalue weighted by Gasteiger charge is -2.09. The molecule has 28 heavy (non-hydrogen) atoms. The van der Waals surface area contributed by atoms with E-state index >= 15 is 0 Å². The Labute approximate surface area is 168 Å². The summed E-state index contributed by atoms with van der Waals surface area (Å²) >= 11 is -3.11. The van der Waals surface area contributed by atoms with Gasteiger partial charge in [0.05, 0.1) is 27.4 Å². The first-order chi connectivity index (χ1) is 13.0. The number of aryl methyl sites for hydroxylation is 1. The minimum Gasteiger partial charge on any atom is -0.784 e. The quantitative estimate of drug-likeness (QED) is 0.245. The summed E-state index contributed by atoms with van der Waals surface area (Å²) in [5, 5.41) is 3.01. The molecule has 0 bridgehead atoms. The van der Waals surface area contributed by atoms with Gasteiger partial charge in [0, 0.05) is 25.4 Å². The summed E-state index contributed by atoms with van der Waals surface area (Å²) in [6.45, 7) is 4.18. The smallest absolute Gasteiger partial charge is 0.179 e. The summed E-state index contributed by atoms with van der Waals surface area (Å²) in [4.78, 5) is 0.181. The standard InChI is InChI=1S/C15H25NO6S2.H2O3S/c1-2-10-22-11-8-16-9-13-23(17,18)15-5-3-14(4-6-15)7-12-24(19,20)21;1-4(2)3/h3-6,16H,2,7-13H2,1H3,(H,19,20,21);(H2,1,2,3)/p-3. The molecule has 0 heterocycles. The molecule has 1 N–H and O–H groups in total. The van der Waals surface area contributed by atoms with Gasteiger partial charge in [-0.1, -0.05) is 19.1 Å². The highest BCUT2D eigenvalue weighted by Crippen LogP contribution is 2.13. The molecule has 0 fully saturated rings. The number of ether oxygens (including phenoxy) is 1. The molecule has 0 radical (unpaired) electrons. The van der Waals surface area contributed by atoms with E-state index in [4.69, 9.17) is 18.1 Å². The molecule has 0 aliphatic carbocycles. The molecule has 1 aromatic carbocycles. The van der Waals surface area contributed by atoms with Crippen LogP contribution < -0.4 is 5.32 Å². The summed E-state index contributed by atoms with van der Waals surface area (Å²) in [5.41, 5.74) is 0.611. The van der Waals surface area contributed by atoms with Gasteiger partial charge in [-0.15, -0.1) is 11.4 Å². The molecule has 10 nitrogen and oxygen atoms in total. The predicted octanol–water partition coefficient (Wildman–Crippen LogP) is -0.440. The normalized spacial score (nSPS) is 11.9. The maximum Gasteiger partial charge on any atom is 0.179 e. The van der Waals surface area contributed by atoms with Gasteiger partial charge in [0.2, 0.25) is 0 Å². The third-order valence-corrected chi connectivity index (χ3v) is 5.68. The van der Waals surface area contributed by atoms with Crippen molar-refractivity contribution in [1.29, 1.82) is 0 Å². The predicted molar refractivity (Wildman–Crippen MR) is 100 cm³/mol. The Bertz CT molecular complexity index is 773. The van der Waals surface area contributed by atoms with Crippen molar-refractivity contribution in [1.82, 2.24) is 5.32 Å². The lowest BCUT2D eigenvalue weighted by molar-refractivity contribution is 0.137. The molecule has 0 unspecified atom stereocenters. The van der Waals surface area contributed by atoms with E-state index in [-0.39, 0.29) is 17.1 Å². The van der Waals surface area contributed by atoms with Crippen LogP contribution in [0.3, 0.4) is 0 Å². The van der Waals surface area contributed by atoms with Gasteiger partial charge < -0.3 is 23.7 Å². The van der Waals surface area contributed by atoms with Crippen LogP contribution in [0.4, 0.5) is 0 Å². The molecule has 1 aromatic rings. The van der Waals surface area contributed by atoms with Gasteiger partial charge in [0.15, 0.2) is 9.84 Å². The molecular weight excluding hydrogens is 434 g/mol. The van der Waals surface area contributed by atoms with Gasteiger partial charge in [-0.3, -0.25) is 4.21 Å². The maximum atomic E-state index is 12.2.